The highest BCUT2D eigenvalue weighted by Gasteiger charge is 2.13. The van der Waals surface area contributed by atoms with Crippen LogP contribution in [0.15, 0.2) is 60.9 Å². The van der Waals surface area contributed by atoms with Gasteiger partial charge >= 0.3 is 0 Å². The van der Waals surface area contributed by atoms with Gasteiger partial charge in [0, 0.05) is 37.1 Å². The Morgan fingerprint density at radius 3 is 2.35 bits per heavy atom. The smallest absolute Gasteiger partial charge is 0.228 e. The van der Waals surface area contributed by atoms with Gasteiger partial charge in [-0.2, -0.15) is 0 Å². The highest BCUT2D eigenvalue weighted by Crippen LogP contribution is 2.14. The first-order valence-corrected chi connectivity index (χ1v) is 8.50. The molecule has 2 aromatic carbocycles. The molecule has 0 fully saturated rings. The fourth-order valence-corrected chi connectivity index (χ4v) is 2.65. The van der Waals surface area contributed by atoms with Crippen LogP contribution in [-0.4, -0.2) is 21.2 Å². The molecular weight excluding hydrogens is 326 g/mol. The van der Waals surface area contributed by atoms with Crippen LogP contribution >= 0.6 is 0 Å². The molecule has 0 aliphatic rings. The van der Waals surface area contributed by atoms with Crippen molar-refractivity contribution in [3.05, 3.63) is 83.4 Å². The number of nitrogens with zero attached hydrogens (tertiary/aromatic N) is 2. The second-order valence-electron chi connectivity index (χ2n) is 6.30. The zero-order valence-corrected chi connectivity index (χ0v) is 14.9. The Bertz CT molecular complexity index is 909. The number of imidazole rings is 1. The Balaban J connectivity index is 1.57. The summed E-state index contributed by atoms with van der Waals surface area (Å²) in [5.41, 5.74) is 3.56. The normalized spacial score (nSPS) is 10.5. The first-order valence-electron chi connectivity index (χ1n) is 8.50. The van der Waals surface area contributed by atoms with Crippen LogP contribution in [0.4, 0.5) is 5.69 Å². The summed E-state index contributed by atoms with van der Waals surface area (Å²) in [7, 11) is 1.78. The van der Waals surface area contributed by atoms with Crippen molar-refractivity contribution in [1.82, 2.24) is 9.55 Å². The maximum atomic E-state index is 12.4. The van der Waals surface area contributed by atoms with Crippen molar-refractivity contribution in [1.29, 1.82) is 0 Å². The number of nitrogens with one attached hydrogen (secondary N) is 1. The predicted octanol–water partition coefficient (Wildman–Crippen LogP) is 3.53. The Morgan fingerprint density at radius 1 is 1.04 bits per heavy atom. The first-order chi connectivity index (χ1) is 12.5. The first kappa shape index (κ1) is 17.6. The van der Waals surface area contributed by atoms with E-state index in [0.717, 1.165) is 5.56 Å². The Kier molecular flexibility index (Phi) is 5.27. The number of benzene rings is 2. The Labute approximate surface area is 152 Å². The fourth-order valence-electron chi connectivity index (χ4n) is 2.65. The summed E-state index contributed by atoms with van der Waals surface area (Å²) in [5.74, 6) is 0.198. The predicted molar refractivity (Wildman–Crippen MR) is 101 cm³/mol. The van der Waals surface area contributed by atoms with Gasteiger partial charge in [-0.25, -0.2) is 4.98 Å². The Hall–Kier alpha value is -3.21. The molecule has 3 aromatic rings. The molecule has 132 valence electrons. The molecule has 1 N–H and O–H groups in total. The molecule has 5 nitrogen and oxygen atoms in total. The summed E-state index contributed by atoms with van der Waals surface area (Å²) < 4.78 is 1.68. The maximum Gasteiger partial charge on any atom is 0.228 e. The highest BCUT2D eigenvalue weighted by atomic mass is 16.1. The van der Waals surface area contributed by atoms with Gasteiger partial charge in [0.05, 0.1) is 0 Å². The summed E-state index contributed by atoms with van der Waals surface area (Å²) in [6.45, 7) is 2.04. The van der Waals surface area contributed by atoms with Crippen molar-refractivity contribution in [2.24, 2.45) is 7.05 Å². The summed E-state index contributed by atoms with van der Waals surface area (Å²) in [6, 6.07) is 15.1. The fraction of sp³-hybridized carbons (Fsp3) is 0.190. The molecule has 0 radical (unpaired) electrons. The highest BCUT2D eigenvalue weighted by molar-refractivity contribution is 6.07. The summed E-state index contributed by atoms with van der Waals surface area (Å²) in [6.07, 6.45) is 4.44. The molecule has 0 aliphatic carbocycles. The van der Waals surface area contributed by atoms with Crippen molar-refractivity contribution in [3.63, 3.8) is 0 Å². The summed E-state index contributed by atoms with van der Waals surface area (Å²) >= 11 is 0. The zero-order valence-electron chi connectivity index (χ0n) is 14.9. The molecule has 0 aliphatic heterocycles. The standard InChI is InChI=1S/C21H21N3O2/c1-15-3-5-16(6-4-15)7-12-19(25)23-18-10-8-17(9-11-18)20(26)21-22-13-14-24(21)2/h3-6,8-11,13-14H,7,12H2,1-2H3,(H,23,25). The molecule has 1 aromatic heterocycles. The molecule has 0 saturated heterocycles. The largest absolute Gasteiger partial charge is 0.331 e. The lowest BCUT2D eigenvalue weighted by atomic mass is 10.1. The van der Waals surface area contributed by atoms with Gasteiger partial charge in [-0.05, 0) is 43.2 Å². The van der Waals surface area contributed by atoms with Gasteiger partial charge in [0.25, 0.3) is 0 Å². The van der Waals surface area contributed by atoms with Crippen LogP contribution in [-0.2, 0) is 18.3 Å². The van der Waals surface area contributed by atoms with Gasteiger partial charge in [0.1, 0.15) is 0 Å². The summed E-state index contributed by atoms with van der Waals surface area (Å²) in [4.78, 5) is 28.6. The minimum Gasteiger partial charge on any atom is -0.331 e. The van der Waals surface area contributed by atoms with E-state index >= 15 is 0 Å². The van der Waals surface area contributed by atoms with Crippen LogP contribution in [0.5, 0.6) is 0 Å². The monoisotopic (exact) mass is 347 g/mol. The van der Waals surface area contributed by atoms with Gasteiger partial charge < -0.3 is 9.88 Å². The number of aryl methyl sites for hydroxylation is 3. The van der Waals surface area contributed by atoms with E-state index in [1.54, 1.807) is 48.3 Å². The third-order valence-electron chi connectivity index (χ3n) is 4.22. The molecule has 0 saturated carbocycles. The topological polar surface area (TPSA) is 64.0 Å². The number of rotatable bonds is 6. The van der Waals surface area contributed by atoms with Crippen LogP contribution in [0.2, 0.25) is 0 Å². The van der Waals surface area contributed by atoms with Crippen molar-refractivity contribution < 1.29 is 9.59 Å². The van der Waals surface area contributed by atoms with Crippen LogP contribution in [0, 0.1) is 6.92 Å². The molecule has 0 spiro atoms. The SMILES string of the molecule is Cc1ccc(CCC(=O)Nc2ccc(C(=O)c3nccn3C)cc2)cc1. The van der Waals surface area contributed by atoms with Crippen molar-refractivity contribution in [2.75, 3.05) is 5.32 Å². The molecule has 1 amide bonds. The number of hydrogen-bond acceptors (Lipinski definition) is 3. The van der Waals surface area contributed by atoms with E-state index < -0.39 is 0 Å². The van der Waals surface area contributed by atoms with Crippen molar-refractivity contribution in [3.8, 4) is 0 Å². The molecule has 0 bridgehead atoms. The number of carbonyl (C=O) groups excluding carboxylic acids is 2. The van der Waals surface area contributed by atoms with Crippen molar-refractivity contribution in [2.45, 2.75) is 19.8 Å². The number of aromatic nitrogens is 2. The lowest BCUT2D eigenvalue weighted by Gasteiger charge is -2.07. The number of amides is 1. The van der Waals surface area contributed by atoms with E-state index in [1.807, 2.05) is 31.2 Å². The summed E-state index contributed by atoms with van der Waals surface area (Å²) in [5, 5.41) is 2.86. The van der Waals surface area contributed by atoms with Gasteiger partial charge in [0.15, 0.2) is 5.82 Å². The van der Waals surface area contributed by atoms with Crippen LogP contribution in [0.3, 0.4) is 0 Å². The second-order valence-corrected chi connectivity index (χ2v) is 6.30. The molecule has 5 heteroatoms. The zero-order chi connectivity index (χ0) is 18.5. The molecule has 0 atom stereocenters. The van der Waals surface area contributed by atoms with E-state index in [2.05, 4.69) is 10.3 Å². The van der Waals surface area contributed by atoms with Crippen molar-refractivity contribution >= 4 is 17.4 Å². The van der Waals surface area contributed by atoms with Gasteiger partial charge in [0.2, 0.25) is 11.7 Å². The third-order valence-corrected chi connectivity index (χ3v) is 4.22. The minimum absolute atomic E-state index is 0.0475. The average Bonchev–Trinajstić information content (AvgIpc) is 3.07. The molecule has 1 heterocycles. The van der Waals surface area contributed by atoms with E-state index in [-0.39, 0.29) is 11.7 Å². The van der Waals surface area contributed by atoms with Gasteiger partial charge in [-0.1, -0.05) is 29.8 Å². The molecular formula is C21H21N3O2. The number of carbonyl (C=O) groups is 2. The quantitative estimate of drug-likeness (QED) is 0.694. The lowest BCUT2D eigenvalue weighted by molar-refractivity contribution is -0.116. The third kappa shape index (κ3) is 4.25. The molecule has 0 unspecified atom stereocenters. The maximum absolute atomic E-state index is 12.4. The Morgan fingerprint density at radius 2 is 1.73 bits per heavy atom. The van der Waals surface area contributed by atoms with Crippen LogP contribution in [0.1, 0.15) is 33.7 Å². The van der Waals surface area contributed by atoms with E-state index in [1.165, 1.54) is 5.56 Å². The average molecular weight is 347 g/mol. The number of hydrogen-bond donors (Lipinski definition) is 1. The van der Waals surface area contributed by atoms with Gasteiger partial charge in [-0.15, -0.1) is 0 Å². The molecule has 26 heavy (non-hydrogen) atoms. The van der Waals surface area contributed by atoms with Crippen LogP contribution < -0.4 is 5.32 Å². The van der Waals surface area contributed by atoms with Crippen LogP contribution in [0.25, 0.3) is 0 Å². The second kappa shape index (κ2) is 7.78. The number of anilines is 1. The number of ketones is 1. The molecule has 3 rings (SSSR count). The van der Waals surface area contributed by atoms with E-state index in [4.69, 9.17) is 0 Å². The minimum atomic E-state index is -0.144. The van der Waals surface area contributed by atoms with Gasteiger partial charge in [-0.3, -0.25) is 9.59 Å². The van der Waals surface area contributed by atoms with E-state index in [0.29, 0.717) is 29.9 Å². The lowest BCUT2D eigenvalue weighted by Crippen LogP contribution is -2.13. The van der Waals surface area contributed by atoms with E-state index in [9.17, 15) is 9.59 Å².